The molecule has 2 aromatic carbocycles. The number of methoxy groups -OCH3 is 1. The molecule has 0 bridgehead atoms. The van der Waals surface area contributed by atoms with E-state index in [0.717, 1.165) is 23.2 Å². The molecule has 0 saturated carbocycles. The quantitative estimate of drug-likeness (QED) is 0.586. The summed E-state index contributed by atoms with van der Waals surface area (Å²) in [6.45, 7) is 0. The van der Waals surface area contributed by atoms with Crippen molar-refractivity contribution < 1.29 is 13.9 Å². The van der Waals surface area contributed by atoms with Crippen LogP contribution in [0.5, 0.6) is 5.75 Å². The normalized spacial score (nSPS) is 10.7. The predicted octanol–water partition coefficient (Wildman–Crippen LogP) is 3.94. The lowest BCUT2D eigenvalue weighted by atomic mass is 10.1. The van der Waals surface area contributed by atoms with Crippen LogP contribution >= 0.6 is 23.4 Å². The average Bonchev–Trinajstić information content (AvgIpc) is 3.02. The van der Waals surface area contributed by atoms with Crippen LogP contribution in [0.2, 0.25) is 5.02 Å². The summed E-state index contributed by atoms with van der Waals surface area (Å²) in [5, 5.41) is 11.7. The molecule has 1 heterocycles. The lowest BCUT2D eigenvalue weighted by Crippen LogP contribution is -2.15. The van der Waals surface area contributed by atoms with E-state index in [1.165, 1.54) is 23.9 Å². The number of hydrogen-bond acceptors (Lipinski definition) is 5. The number of benzene rings is 2. The first-order chi connectivity index (χ1) is 13.5. The van der Waals surface area contributed by atoms with Crippen LogP contribution in [0.1, 0.15) is 11.4 Å². The van der Waals surface area contributed by atoms with Crippen molar-refractivity contribution in [3.05, 3.63) is 64.7 Å². The van der Waals surface area contributed by atoms with Gasteiger partial charge in [-0.05, 0) is 35.9 Å². The van der Waals surface area contributed by atoms with Crippen LogP contribution < -0.4 is 10.1 Å². The third kappa shape index (κ3) is 5.02. The summed E-state index contributed by atoms with van der Waals surface area (Å²) >= 11 is 6.94. The predicted molar refractivity (Wildman–Crippen MR) is 108 cm³/mol. The maximum atomic E-state index is 13.8. The lowest BCUT2D eigenvalue weighted by Gasteiger charge is -2.07. The molecule has 1 amide bonds. The number of carbonyl (C=O) groups is 1. The number of carbonyl (C=O) groups excluding carboxylic acids is 1. The summed E-state index contributed by atoms with van der Waals surface area (Å²) in [7, 11) is 3.47. The van der Waals surface area contributed by atoms with Gasteiger partial charge in [-0.1, -0.05) is 35.5 Å². The zero-order valence-electron chi connectivity index (χ0n) is 15.3. The molecule has 0 unspecified atom stereocenters. The number of ether oxygens (including phenoxy) is 1. The van der Waals surface area contributed by atoms with E-state index in [9.17, 15) is 9.18 Å². The van der Waals surface area contributed by atoms with Gasteiger partial charge >= 0.3 is 0 Å². The van der Waals surface area contributed by atoms with Crippen molar-refractivity contribution in [1.29, 1.82) is 0 Å². The Kier molecular flexibility index (Phi) is 6.53. The molecular formula is C19H18ClFN4O2S. The van der Waals surface area contributed by atoms with Crippen molar-refractivity contribution in [1.82, 2.24) is 14.8 Å². The van der Waals surface area contributed by atoms with E-state index in [1.54, 1.807) is 7.11 Å². The molecule has 9 heteroatoms. The minimum Gasteiger partial charge on any atom is -0.497 e. The van der Waals surface area contributed by atoms with Crippen LogP contribution in [0, 0.1) is 5.82 Å². The maximum absolute atomic E-state index is 13.8. The first-order valence-electron chi connectivity index (χ1n) is 8.35. The zero-order chi connectivity index (χ0) is 20.1. The minimum atomic E-state index is -0.578. The van der Waals surface area contributed by atoms with Gasteiger partial charge in [0.2, 0.25) is 5.91 Å². The second kappa shape index (κ2) is 9.07. The number of nitrogens with one attached hydrogen (secondary N) is 1. The summed E-state index contributed by atoms with van der Waals surface area (Å²) in [5.41, 5.74) is 1.16. The van der Waals surface area contributed by atoms with Crippen molar-refractivity contribution in [2.75, 3.05) is 18.2 Å². The van der Waals surface area contributed by atoms with Crippen molar-refractivity contribution in [2.45, 2.75) is 11.6 Å². The number of thioether (sulfide) groups is 1. The standard InChI is InChI=1S/C19H18ClFN4O2S/c1-25-17(9-12-3-6-14(27-2)7-4-12)23-24-19(25)28-11-18(26)22-16-8-5-13(20)10-15(16)21/h3-8,10H,9,11H2,1-2H3,(H,22,26). The average molecular weight is 421 g/mol. The van der Waals surface area contributed by atoms with E-state index in [0.29, 0.717) is 11.6 Å². The maximum Gasteiger partial charge on any atom is 0.234 e. The van der Waals surface area contributed by atoms with E-state index in [1.807, 2.05) is 35.9 Å². The van der Waals surface area contributed by atoms with Gasteiger partial charge in [-0.25, -0.2) is 4.39 Å². The first-order valence-corrected chi connectivity index (χ1v) is 9.71. The molecule has 0 fully saturated rings. The highest BCUT2D eigenvalue weighted by Crippen LogP contribution is 2.21. The molecule has 0 aliphatic rings. The molecule has 0 radical (unpaired) electrons. The van der Waals surface area contributed by atoms with E-state index in [-0.39, 0.29) is 22.4 Å². The van der Waals surface area contributed by atoms with Crippen molar-refractivity contribution in [3.8, 4) is 5.75 Å². The Morgan fingerprint density at radius 2 is 2.00 bits per heavy atom. The second-order valence-electron chi connectivity index (χ2n) is 5.94. The van der Waals surface area contributed by atoms with Gasteiger partial charge in [-0.2, -0.15) is 0 Å². The fraction of sp³-hybridized carbons (Fsp3) is 0.211. The molecule has 0 aliphatic heterocycles. The molecule has 28 heavy (non-hydrogen) atoms. The van der Waals surface area contributed by atoms with E-state index < -0.39 is 5.82 Å². The number of nitrogens with zero attached hydrogens (tertiary/aromatic N) is 3. The Hall–Kier alpha value is -2.58. The zero-order valence-corrected chi connectivity index (χ0v) is 16.9. The van der Waals surface area contributed by atoms with E-state index in [2.05, 4.69) is 15.5 Å². The lowest BCUT2D eigenvalue weighted by molar-refractivity contribution is -0.113. The van der Waals surface area contributed by atoms with Crippen molar-refractivity contribution >= 4 is 35.0 Å². The second-order valence-corrected chi connectivity index (χ2v) is 7.32. The molecule has 6 nitrogen and oxygen atoms in total. The molecule has 0 aliphatic carbocycles. The molecular weight excluding hydrogens is 403 g/mol. The smallest absolute Gasteiger partial charge is 0.234 e. The number of aromatic nitrogens is 3. The number of hydrogen-bond donors (Lipinski definition) is 1. The number of halogens is 2. The fourth-order valence-corrected chi connectivity index (χ4v) is 3.35. The third-order valence-corrected chi connectivity index (χ3v) is 5.24. The number of amides is 1. The first kappa shape index (κ1) is 20.2. The molecule has 1 aromatic heterocycles. The Morgan fingerprint density at radius 3 is 2.68 bits per heavy atom. The van der Waals surface area contributed by atoms with Gasteiger partial charge < -0.3 is 14.6 Å². The van der Waals surface area contributed by atoms with E-state index >= 15 is 0 Å². The topological polar surface area (TPSA) is 69.0 Å². The molecule has 0 saturated heterocycles. The summed E-state index contributed by atoms with van der Waals surface area (Å²) < 4.78 is 20.7. The monoisotopic (exact) mass is 420 g/mol. The number of rotatable bonds is 7. The van der Waals surface area contributed by atoms with Gasteiger partial charge in [0.1, 0.15) is 17.4 Å². The number of anilines is 1. The molecule has 0 spiro atoms. The molecule has 3 rings (SSSR count). The van der Waals surface area contributed by atoms with Gasteiger partial charge in [0.25, 0.3) is 0 Å². The summed E-state index contributed by atoms with van der Waals surface area (Å²) in [6, 6.07) is 11.8. The van der Waals surface area contributed by atoms with Crippen LogP contribution in [0.4, 0.5) is 10.1 Å². The Labute approximate surface area is 171 Å². The van der Waals surface area contributed by atoms with Crippen LogP contribution in [0.15, 0.2) is 47.6 Å². The minimum absolute atomic E-state index is 0.0799. The summed E-state index contributed by atoms with van der Waals surface area (Å²) in [4.78, 5) is 12.1. The molecule has 0 atom stereocenters. The molecule has 1 N–H and O–H groups in total. The van der Waals surface area contributed by atoms with Gasteiger partial charge in [0, 0.05) is 18.5 Å². The van der Waals surface area contributed by atoms with Gasteiger partial charge in [0.05, 0.1) is 18.6 Å². The third-order valence-electron chi connectivity index (χ3n) is 3.98. The SMILES string of the molecule is COc1ccc(Cc2nnc(SCC(=O)Nc3ccc(Cl)cc3F)n2C)cc1. The van der Waals surface area contributed by atoms with Crippen molar-refractivity contribution in [3.63, 3.8) is 0 Å². The Morgan fingerprint density at radius 1 is 1.25 bits per heavy atom. The summed E-state index contributed by atoms with van der Waals surface area (Å²) in [5.74, 6) is 0.728. The fourth-order valence-electron chi connectivity index (χ4n) is 2.46. The highest BCUT2D eigenvalue weighted by atomic mass is 35.5. The van der Waals surface area contributed by atoms with Gasteiger partial charge in [-0.3, -0.25) is 4.79 Å². The Balaban J connectivity index is 1.58. The molecule has 146 valence electrons. The summed E-state index contributed by atoms with van der Waals surface area (Å²) in [6.07, 6.45) is 0.607. The highest BCUT2D eigenvalue weighted by molar-refractivity contribution is 7.99. The van der Waals surface area contributed by atoms with Gasteiger partial charge in [0.15, 0.2) is 5.16 Å². The van der Waals surface area contributed by atoms with Crippen LogP contribution in [-0.4, -0.2) is 33.5 Å². The van der Waals surface area contributed by atoms with Gasteiger partial charge in [-0.15, -0.1) is 10.2 Å². The van der Waals surface area contributed by atoms with E-state index in [4.69, 9.17) is 16.3 Å². The van der Waals surface area contributed by atoms with Crippen LogP contribution in [0.3, 0.4) is 0 Å². The largest absolute Gasteiger partial charge is 0.497 e. The Bertz CT molecular complexity index is 979. The van der Waals surface area contributed by atoms with Crippen LogP contribution in [-0.2, 0) is 18.3 Å². The highest BCUT2D eigenvalue weighted by Gasteiger charge is 2.13. The molecule has 3 aromatic rings. The van der Waals surface area contributed by atoms with Crippen LogP contribution in [0.25, 0.3) is 0 Å². The van der Waals surface area contributed by atoms with Crippen molar-refractivity contribution in [2.24, 2.45) is 7.05 Å².